The van der Waals surface area contributed by atoms with Gasteiger partial charge in [-0.1, -0.05) is 6.92 Å². The molecule has 0 bridgehead atoms. The van der Waals surface area contributed by atoms with Crippen molar-refractivity contribution in [2.45, 2.75) is 19.8 Å². The molecular weight excluding hydrogens is 300 g/mol. The quantitative estimate of drug-likeness (QED) is 0.843. The van der Waals surface area contributed by atoms with Crippen molar-refractivity contribution in [1.82, 2.24) is 9.88 Å². The fraction of sp³-hybridized carbons (Fsp3) is 0.500. The number of aryl methyl sites for hydroxylation is 1. The molecule has 1 aromatic heterocycles. The number of carboxylic acid groups (broad SMARTS) is 1. The molecule has 6 heteroatoms. The highest BCUT2D eigenvalue weighted by molar-refractivity contribution is 9.10. The zero-order chi connectivity index (χ0) is 13.7. The largest absolute Gasteiger partial charge is 0.481 e. The maximum absolute atomic E-state index is 11.9. The molecule has 0 saturated heterocycles. The van der Waals surface area contributed by atoms with Crippen molar-refractivity contribution in [2.24, 2.45) is 13.0 Å². The van der Waals surface area contributed by atoms with Crippen LogP contribution in [0.4, 0.5) is 0 Å². The van der Waals surface area contributed by atoms with Crippen molar-refractivity contribution < 1.29 is 14.7 Å². The maximum atomic E-state index is 11.9. The van der Waals surface area contributed by atoms with Gasteiger partial charge in [0.1, 0.15) is 5.69 Å². The molecule has 1 heterocycles. The number of carbonyl (C=O) groups is 2. The van der Waals surface area contributed by atoms with E-state index in [0.29, 0.717) is 18.7 Å². The molecule has 5 nitrogen and oxygen atoms in total. The zero-order valence-electron chi connectivity index (χ0n) is 10.4. The summed E-state index contributed by atoms with van der Waals surface area (Å²) in [7, 11) is 1.80. The van der Waals surface area contributed by atoms with Crippen LogP contribution >= 0.6 is 15.9 Å². The van der Waals surface area contributed by atoms with Gasteiger partial charge in [-0.2, -0.15) is 0 Å². The van der Waals surface area contributed by atoms with Crippen molar-refractivity contribution in [1.29, 1.82) is 0 Å². The van der Waals surface area contributed by atoms with Gasteiger partial charge in [0.05, 0.1) is 0 Å². The predicted octanol–water partition coefficient (Wildman–Crippen LogP) is 2.02. The summed E-state index contributed by atoms with van der Waals surface area (Å²) in [6, 6.07) is 1.75. The third-order valence-electron chi connectivity index (χ3n) is 2.67. The molecular formula is C12H17BrN2O3. The molecule has 100 valence electrons. The maximum Gasteiger partial charge on any atom is 0.303 e. The van der Waals surface area contributed by atoms with E-state index in [4.69, 9.17) is 5.11 Å². The monoisotopic (exact) mass is 316 g/mol. The summed E-state index contributed by atoms with van der Waals surface area (Å²) in [6.45, 7) is 2.40. The molecule has 0 fully saturated rings. The number of aromatic nitrogens is 1. The number of amides is 1. The third kappa shape index (κ3) is 4.52. The van der Waals surface area contributed by atoms with Crippen molar-refractivity contribution in [2.75, 3.05) is 6.54 Å². The van der Waals surface area contributed by atoms with E-state index < -0.39 is 5.97 Å². The second-order valence-electron chi connectivity index (χ2n) is 4.40. The lowest BCUT2D eigenvalue weighted by Gasteiger charge is -2.11. The number of nitrogens with one attached hydrogen (secondary N) is 1. The molecule has 18 heavy (non-hydrogen) atoms. The molecule has 2 N–H and O–H groups in total. The molecule has 0 aliphatic carbocycles. The first kappa shape index (κ1) is 14.8. The van der Waals surface area contributed by atoms with Crippen LogP contribution in [-0.2, 0) is 11.8 Å². The second-order valence-corrected chi connectivity index (χ2v) is 5.32. The van der Waals surface area contributed by atoms with Gasteiger partial charge >= 0.3 is 5.97 Å². The van der Waals surface area contributed by atoms with E-state index in [1.807, 2.05) is 13.1 Å². The van der Waals surface area contributed by atoms with E-state index in [2.05, 4.69) is 21.2 Å². The van der Waals surface area contributed by atoms with Gasteiger partial charge in [-0.05, 0) is 34.3 Å². The summed E-state index contributed by atoms with van der Waals surface area (Å²) in [5.74, 6) is -0.807. The van der Waals surface area contributed by atoms with Crippen molar-refractivity contribution >= 4 is 27.8 Å². The van der Waals surface area contributed by atoms with E-state index in [1.165, 1.54) is 0 Å². The Morgan fingerprint density at radius 1 is 1.56 bits per heavy atom. The third-order valence-corrected chi connectivity index (χ3v) is 3.10. The van der Waals surface area contributed by atoms with E-state index in [1.54, 1.807) is 17.7 Å². The van der Waals surface area contributed by atoms with E-state index in [-0.39, 0.29) is 18.2 Å². The molecule has 1 amide bonds. The highest BCUT2D eigenvalue weighted by atomic mass is 79.9. The van der Waals surface area contributed by atoms with Gasteiger partial charge in [-0.3, -0.25) is 9.59 Å². The van der Waals surface area contributed by atoms with Crippen LogP contribution in [0.2, 0.25) is 0 Å². The summed E-state index contributed by atoms with van der Waals surface area (Å²) in [5, 5.41) is 11.4. The standard InChI is InChI=1S/C12H17BrN2O3/c1-8(3-4-11(16)17)6-14-12(18)10-5-9(13)7-15(10)2/h5,7-8H,3-4,6H2,1-2H3,(H,14,18)(H,16,17). The summed E-state index contributed by atoms with van der Waals surface area (Å²) in [5.41, 5.74) is 0.576. The van der Waals surface area contributed by atoms with Crippen LogP contribution in [0.15, 0.2) is 16.7 Å². The van der Waals surface area contributed by atoms with Crippen molar-refractivity contribution in [3.8, 4) is 0 Å². The fourth-order valence-corrected chi connectivity index (χ4v) is 2.10. The van der Waals surface area contributed by atoms with Crippen LogP contribution in [-0.4, -0.2) is 28.1 Å². The molecule has 1 aromatic rings. The Kier molecular flexibility index (Phi) is 5.40. The van der Waals surface area contributed by atoms with Crippen LogP contribution in [0.5, 0.6) is 0 Å². The van der Waals surface area contributed by atoms with Gasteiger partial charge in [0.15, 0.2) is 0 Å². The van der Waals surface area contributed by atoms with Crippen LogP contribution in [0.1, 0.15) is 30.3 Å². The summed E-state index contributed by atoms with van der Waals surface area (Å²) < 4.78 is 2.59. The molecule has 0 aromatic carbocycles. The summed E-state index contributed by atoms with van der Waals surface area (Å²) in [4.78, 5) is 22.3. The Hall–Kier alpha value is -1.30. The topological polar surface area (TPSA) is 71.3 Å². The number of rotatable bonds is 6. The molecule has 1 atom stereocenters. The Bertz CT molecular complexity index is 443. The SMILES string of the molecule is CC(CCC(=O)O)CNC(=O)c1cc(Br)cn1C. The normalized spacial score (nSPS) is 12.2. The molecule has 0 aliphatic rings. The van der Waals surface area contributed by atoms with E-state index in [9.17, 15) is 9.59 Å². The number of hydrogen-bond acceptors (Lipinski definition) is 2. The average molecular weight is 317 g/mol. The number of carbonyl (C=O) groups excluding carboxylic acids is 1. The molecule has 0 spiro atoms. The Morgan fingerprint density at radius 2 is 2.22 bits per heavy atom. The molecule has 0 saturated carbocycles. The molecule has 1 unspecified atom stereocenters. The zero-order valence-corrected chi connectivity index (χ0v) is 12.0. The average Bonchev–Trinajstić information content (AvgIpc) is 2.62. The summed E-state index contributed by atoms with van der Waals surface area (Å²) >= 11 is 3.31. The number of nitrogens with zero attached hydrogens (tertiary/aromatic N) is 1. The minimum atomic E-state index is -0.806. The van der Waals surface area contributed by atoms with Crippen LogP contribution in [0, 0.1) is 5.92 Å². The van der Waals surface area contributed by atoms with Gasteiger partial charge in [0, 0.05) is 30.7 Å². The summed E-state index contributed by atoms with van der Waals surface area (Å²) in [6.07, 6.45) is 2.50. The number of hydrogen-bond donors (Lipinski definition) is 2. The minimum absolute atomic E-state index is 0.132. The van der Waals surface area contributed by atoms with Gasteiger partial charge in [0.2, 0.25) is 0 Å². The van der Waals surface area contributed by atoms with Crippen molar-refractivity contribution in [3.63, 3.8) is 0 Å². The number of halogens is 1. The Morgan fingerprint density at radius 3 is 2.72 bits per heavy atom. The Labute approximate surface area is 114 Å². The minimum Gasteiger partial charge on any atom is -0.481 e. The molecule has 1 rings (SSSR count). The highest BCUT2D eigenvalue weighted by Gasteiger charge is 2.12. The van der Waals surface area contributed by atoms with Crippen LogP contribution in [0.3, 0.4) is 0 Å². The first-order valence-electron chi connectivity index (χ1n) is 5.72. The first-order chi connectivity index (χ1) is 8.40. The van der Waals surface area contributed by atoms with Gasteiger partial charge in [-0.25, -0.2) is 0 Å². The van der Waals surface area contributed by atoms with Gasteiger partial charge in [0.25, 0.3) is 5.91 Å². The van der Waals surface area contributed by atoms with Crippen molar-refractivity contribution in [3.05, 3.63) is 22.4 Å². The lowest BCUT2D eigenvalue weighted by Crippen LogP contribution is -2.29. The lowest BCUT2D eigenvalue weighted by molar-refractivity contribution is -0.137. The van der Waals surface area contributed by atoms with E-state index in [0.717, 1.165) is 4.47 Å². The van der Waals surface area contributed by atoms with Gasteiger partial charge < -0.3 is 15.0 Å². The van der Waals surface area contributed by atoms with Crippen LogP contribution in [0.25, 0.3) is 0 Å². The van der Waals surface area contributed by atoms with Gasteiger partial charge in [-0.15, -0.1) is 0 Å². The second kappa shape index (κ2) is 6.58. The number of carboxylic acids is 1. The number of aliphatic carboxylic acids is 1. The van der Waals surface area contributed by atoms with Crippen LogP contribution < -0.4 is 5.32 Å². The smallest absolute Gasteiger partial charge is 0.303 e. The van der Waals surface area contributed by atoms with E-state index >= 15 is 0 Å². The molecule has 0 radical (unpaired) electrons. The highest BCUT2D eigenvalue weighted by Crippen LogP contribution is 2.13. The first-order valence-corrected chi connectivity index (χ1v) is 6.51. The Balaban J connectivity index is 2.41. The predicted molar refractivity (Wildman–Crippen MR) is 71.5 cm³/mol. The fourth-order valence-electron chi connectivity index (χ4n) is 1.58. The lowest BCUT2D eigenvalue weighted by atomic mass is 10.1. The molecule has 0 aliphatic heterocycles.